The summed E-state index contributed by atoms with van der Waals surface area (Å²) in [5.41, 5.74) is 2.28. The maximum atomic E-state index is 13.5. The van der Waals surface area contributed by atoms with Gasteiger partial charge >= 0.3 is 0 Å². The van der Waals surface area contributed by atoms with Crippen LogP contribution in [-0.2, 0) is 0 Å². The molecule has 0 N–H and O–H groups in total. The van der Waals surface area contributed by atoms with Crippen LogP contribution in [-0.4, -0.2) is 9.38 Å². The maximum Gasteiger partial charge on any atom is 0.194 e. The van der Waals surface area contributed by atoms with Crippen LogP contribution in [0.4, 0.5) is 4.39 Å². The van der Waals surface area contributed by atoms with Crippen molar-refractivity contribution in [3.8, 4) is 11.3 Å². The standard InChI is InChI=1S/C12H7Cl2FN2S/c1-6-5-18-12-16-11(4-17(6)12)7-2-10(15)9(14)3-8(7)13/h2-5H,1H3. The van der Waals surface area contributed by atoms with Crippen molar-refractivity contribution < 1.29 is 4.39 Å². The van der Waals surface area contributed by atoms with Gasteiger partial charge in [0.15, 0.2) is 4.96 Å². The van der Waals surface area contributed by atoms with Gasteiger partial charge in [0, 0.05) is 22.8 Å². The highest BCUT2D eigenvalue weighted by atomic mass is 35.5. The van der Waals surface area contributed by atoms with E-state index >= 15 is 0 Å². The van der Waals surface area contributed by atoms with Crippen LogP contribution < -0.4 is 0 Å². The van der Waals surface area contributed by atoms with E-state index in [2.05, 4.69) is 4.98 Å². The first-order valence-electron chi connectivity index (χ1n) is 5.14. The molecule has 0 spiro atoms. The number of aromatic nitrogens is 2. The molecule has 2 aromatic heterocycles. The van der Waals surface area contributed by atoms with Gasteiger partial charge in [0.2, 0.25) is 0 Å². The van der Waals surface area contributed by atoms with Gasteiger partial charge < -0.3 is 0 Å². The van der Waals surface area contributed by atoms with Gasteiger partial charge in [-0.2, -0.15) is 0 Å². The van der Waals surface area contributed by atoms with E-state index in [9.17, 15) is 4.39 Å². The van der Waals surface area contributed by atoms with Crippen molar-refractivity contribution in [2.24, 2.45) is 0 Å². The SMILES string of the molecule is Cc1csc2nc(-c3cc(F)c(Cl)cc3Cl)cn12. The summed E-state index contributed by atoms with van der Waals surface area (Å²) in [6.07, 6.45) is 1.84. The molecule has 0 atom stereocenters. The molecule has 2 nitrogen and oxygen atoms in total. The smallest absolute Gasteiger partial charge is 0.194 e. The Hall–Kier alpha value is -1.10. The quantitative estimate of drug-likeness (QED) is 0.589. The zero-order valence-corrected chi connectivity index (χ0v) is 11.6. The van der Waals surface area contributed by atoms with Crippen LogP contribution in [0.15, 0.2) is 23.7 Å². The van der Waals surface area contributed by atoms with Gasteiger partial charge in [0.25, 0.3) is 0 Å². The van der Waals surface area contributed by atoms with Crippen molar-refractivity contribution in [1.29, 1.82) is 0 Å². The number of benzene rings is 1. The van der Waals surface area contributed by atoms with Crippen molar-refractivity contribution in [2.75, 3.05) is 0 Å². The van der Waals surface area contributed by atoms with Gasteiger partial charge in [-0.15, -0.1) is 11.3 Å². The van der Waals surface area contributed by atoms with Gasteiger partial charge in [-0.1, -0.05) is 23.2 Å². The molecule has 18 heavy (non-hydrogen) atoms. The molecule has 6 heteroatoms. The fraction of sp³-hybridized carbons (Fsp3) is 0.0833. The third-order valence-electron chi connectivity index (χ3n) is 2.67. The minimum absolute atomic E-state index is 0.0148. The Balaban J connectivity index is 2.22. The van der Waals surface area contributed by atoms with Gasteiger partial charge in [-0.25, -0.2) is 9.37 Å². The lowest BCUT2D eigenvalue weighted by molar-refractivity contribution is 0.629. The predicted octanol–water partition coefficient (Wildman–Crippen LogP) is 4.82. The third-order valence-corrected chi connectivity index (χ3v) is 4.23. The molecule has 0 amide bonds. The van der Waals surface area contributed by atoms with E-state index in [-0.39, 0.29) is 5.02 Å². The lowest BCUT2D eigenvalue weighted by Crippen LogP contribution is -1.84. The Morgan fingerprint density at radius 1 is 1.28 bits per heavy atom. The van der Waals surface area contributed by atoms with Crippen LogP contribution >= 0.6 is 34.5 Å². The molecule has 2 heterocycles. The number of thiazole rings is 1. The van der Waals surface area contributed by atoms with E-state index in [0.717, 1.165) is 10.7 Å². The van der Waals surface area contributed by atoms with Gasteiger partial charge in [-0.05, 0) is 19.1 Å². The Kier molecular flexibility index (Phi) is 2.81. The average Bonchev–Trinajstić information content (AvgIpc) is 2.87. The molecule has 0 fully saturated rings. The van der Waals surface area contributed by atoms with E-state index in [1.54, 1.807) is 0 Å². The Morgan fingerprint density at radius 2 is 2.06 bits per heavy atom. The molecule has 0 aliphatic rings. The lowest BCUT2D eigenvalue weighted by atomic mass is 10.1. The second-order valence-electron chi connectivity index (χ2n) is 3.90. The molecule has 3 rings (SSSR count). The highest BCUT2D eigenvalue weighted by Gasteiger charge is 2.13. The molecule has 3 aromatic rings. The van der Waals surface area contributed by atoms with Crippen LogP contribution in [0.1, 0.15) is 5.69 Å². The zero-order valence-electron chi connectivity index (χ0n) is 9.25. The molecular formula is C12H7Cl2FN2S. The number of imidazole rings is 1. The Labute approximate surface area is 117 Å². The van der Waals surface area contributed by atoms with E-state index in [1.807, 2.05) is 22.9 Å². The molecule has 0 bridgehead atoms. The number of nitrogens with zero attached hydrogens (tertiary/aromatic N) is 2. The monoisotopic (exact) mass is 300 g/mol. The number of hydrogen-bond acceptors (Lipinski definition) is 2. The molecule has 0 saturated heterocycles. The second kappa shape index (κ2) is 4.23. The molecule has 0 unspecified atom stereocenters. The van der Waals surface area contributed by atoms with Crippen molar-refractivity contribution in [3.05, 3.63) is 45.3 Å². The van der Waals surface area contributed by atoms with Crippen molar-refractivity contribution >= 4 is 39.5 Å². The summed E-state index contributed by atoms with van der Waals surface area (Å²) in [7, 11) is 0. The molecular weight excluding hydrogens is 294 g/mol. The molecule has 0 saturated carbocycles. The molecule has 1 aromatic carbocycles. The number of aryl methyl sites for hydroxylation is 1. The predicted molar refractivity (Wildman–Crippen MR) is 73.2 cm³/mol. The van der Waals surface area contributed by atoms with E-state index in [1.165, 1.54) is 23.5 Å². The van der Waals surface area contributed by atoms with E-state index in [4.69, 9.17) is 23.2 Å². The van der Waals surface area contributed by atoms with Crippen molar-refractivity contribution in [1.82, 2.24) is 9.38 Å². The highest BCUT2D eigenvalue weighted by Crippen LogP contribution is 2.32. The van der Waals surface area contributed by atoms with Gasteiger partial charge in [0.1, 0.15) is 5.82 Å². The van der Waals surface area contributed by atoms with Crippen molar-refractivity contribution in [3.63, 3.8) is 0 Å². The zero-order chi connectivity index (χ0) is 12.9. The number of halogens is 3. The minimum atomic E-state index is -0.496. The summed E-state index contributed by atoms with van der Waals surface area (Å²) in [6.45, 7) is 1.99. The number of fused-ring (bicyclic) bond motifs is 1. The second-order valence-corrected chi connectivity index (χ2v) is 5.55. The molecule has 92 valence electrons. The maximum absolute atomic E-state index is 13.5. The number of rotatable bonds is 1. The summed E-state index contributed by atoms with van der Waals surface area (Å²) in [4.78, 5) is 5.28. The van der Waals surface area contributed by atoms with Crippen molar-refractivity contribution in [2.45, 2.75) is 6.92 Å². The average molecular weight is 301 g/mol. The van der Waals surface area contributed by atoms with E-state index in [0.29, 0.717) is 16.3 Å². The van der Waals surface area contributed by atoms with Gasteiger partial charge in [-0.3, -0.25) is 4.40 Å². The normalized spacial score (nSPS) is 11.3. The highest BCUT2D eigenvalue weighted by molar-refractivity contribution is 7.15. The summed E-state index contributed by atoms with van der Waals surface area (Å²) in [6, 6.07) is 2.71. The summed E-state index contributed by atoms with van der Waals surface area (Å²) >= 11 is 13.3. The molecule has 0 aliphatic heterocycles. The van der Waals surface area contributed by atoms with Gasteiger partial charge in [0.05, 0.1) is 15.7 Å². The third kappa shape index (κ3) is 1.81. The van der Waals surface area contributed by atoms with Crippen LogP contribution in [0.5, 0.6) is 0 Å². The minimum Gasteiger partial charge on any atom is -0.294 e. The number of hydrogen-bond donors (Lipinski definition) is 0. The first kappa shape index (κ1) is 12.0. The van der Waals surface area contributed by atoms with Crippen LogP contribution in [0.3, 0.4) is 0 Å². The summed E-state index contributed by atoms with van der Waals surface area (Å²) in [5, 5.41) is 2.42. The molecule has 0 radical (unpaired) electrons. The fourth-order valence-electron chi connectivity index (χ4n) is 1.74. The first-order chi connectivity index (χ1) is 8.56. The largest absolute Gasteiger partial charge is 0.294 e. The Morgan fingerprint density at radius 3 is 2.78 bits per heavy atom. The van der Waals surface area contributed by atoms with E-state index < -0.39 is 5.82 Å². The Bertz CT molecular complexity index is 748. The first-order valence-corrected chi connectivity index (χ1v) is 6.78. The van der Waals surface area contributed by atoms with Crippen LogP contribution in [0, 0.1) is 12.7 Å². The van der Waals surface area contributed by atoms with Crippen LogP contribution in [0.2, 0.25) is 10.0 Å². The lowest BCUT2D eigenvalue weighted by Gasteiger charge is -2.02. The fourth-order valence-corrected chi connectivity index (χ4v) is 3.07. The summed E-state index contributed by atoms with van der Waals surface area (Å²) < 4.78 is 15.4. The topological polar surface area (TPSA) is 17.3 Å². The van der Waals surface area contributed by atoms with Crippen LogP contribution in [0.25, 0.3) is 16.2 Å². The molecule has 0 aliphatic carbocycles. The summed E-state index contributed by atoms with van der Waals surface area (Å²) in [5.74, 6) is -0.496.